The Bertz CT molecular complexity index is 973. The van der Waals surface area contributed by atoms with Crippen LogP contribution in [0.2, 0.25) is 10.2 Å². The number of fused-ring (bicyclic) bond motifs is 1. The van der Waals surface area contributed by atoms with Crippen molar-refractivity contribution in [3.63, 3.8) is 0 Å². The Hall–Kier alpha value is -1.83. The number of hydrogen-bond donors (Lipinski definition) is 2. The molecule has 0 fully saturated rings. The second-order valence-electron chi connectivity index (χ2n) is 4.41. The summed E-state index contributed by atoms with van der Waals surface area (Å²) in [4.78, 5) is 6.63. The van der Waals surface area contributed by atoms with Gasteiger partial charge in [0.1, 0.15) is 21.5 Å². The monoisotopic (exact) mass is 359 g/mol. The number of nitrogens with one attached hydrogen (secondary N) is 2. The Morgan fingerprint density at radius 2 is 1.95 bits per heavy atom. The molecule has 0 saturated heterocycles. The van der Waals surface area contributed by atoms with E-state index in [1.807, 2.05) is 0 Å². The van der Waals surface area contributed by atoms with Crippen molar-refractivity contribution in [1.82, 2.24) is 9.97 Å². The average molecular weight is 360 g/mol. The van der Waals surface area contributed by atoms with Gasteiger partial charge in [0, 0.05) is 16.6 Å². The molecule has 2 aromatic heterocycles. The van der Waals surface area contributed by atoms with Crippen LogP contribution in [0.5, 0.6) is 0 Å². The average Bonchev–Trinajstić information content (AvgIpc) is 2.85. The van der Waals surface area contributed by atoms with Crippen molar-refractivity contribution in [2.45, 2.75) is 4.90 Å². The number of nitrogens with zero attached hydrogens (tertiary/aromatic N) is 1. The molecule has 0 aliphatic carbocycles. The highest BCUT2D eigenvalue weighted by molar-refractivity contribution is 7.93. The zero-order chi connectivity index (χ0) is 15.9. The van der Waals surface area contributed by atoms with Crippen molar-refractivity contribution < 1.29 is 12.8 Å². The molecular formula is C13H8Cl2FN3O2S. The van der Waals surface area contributed by atoms with Gasteiger partial charge in [0.15, 0.2) is 0 Å². The van der Waals surface area contributed by atoms with Crippen molar-refractivity contribution in [3.05, 3.63) is 52.5 Å². The standard InChI is InChI=1S/C13H8Cl2FN3O2S/c14-7-1-3-10(9(16)5-7)19-22(20,21)11-6-17-13-8(11)2-4-12(15)18-13/h1-6,19H,(H,17,18). The van der Waals surface area contributed by atoms with Crippen molar-refractivity contribution in [2.75, 3.05) is 4.72 Å². The van der Waals surface area contributed by atoms with Crippen molar-refractivity contribution in [1.29, 1.82) is 0 Å². The molecule has 1 aromatic carbocycles. The van der Waals surface area contributed by atoms with Crippen LogP contribution in [-0.2, 0) is 10.0 Å². The molecule has 0 atom stereocenters. The number of rotatable bonds is 3. The molecule has 0 bridgehead atoms. The highest BCUT2D eigenvalue weighted by Crippen LogP contribution is 2.26. The van der Waals surface area contributed by atoms with E-state index >= 15 is 0 Å². The third-order valence-electron chi connectivity index (χ3n) is 2.93. The molecule has 5 nitrogen and oxygen atoms in total. The molecule has 9 heteroatoms. The predicted octanol–water partition coefficient (Wildman–Crippen LogP) is 3.81. The lowest BCUT2D eigenvalue weighted by Gasteiger charge is -2.08. The van der Waals surface area contributed by atoms with E-state index in [0.717, 1.165) is 6.07 Å². The van der Waals surface area contributed by atoms with E-state index in [1.165, 1.54) is 30.5 Å². The molecule has 0 radical (unpaired) electrons. The van der Waals surface area contributed by atoms with Crippen LogP contribution in [0.4, 0.5) is 10.1 Å². The van der Waals surface area contributed by atoms with E-state index in [0.29, 0.717) is 11.0 Å². The summed E-state index contributed by atoms with van der Waals surface area (Å²) in [5.74, 6) is -0.767. The first-order chi connectivity index (χ1) is 10.4. The summed E-state index contributed by atoms with van der Waals surface area (Å²) in [7, 11) is -3.99. The molecule has 2 heterocycles. The van der Waals surface area contributed by atoms with Crippen molar-refractivity contribution >= 4 is 49.9 Å². The minimum Gasteiger partial charge on any atom is -0.345 e. The van der Waals surface area contributed by atoms with Crippen LogP contribution >= 0.6 is 23.2 Å². The van der Waals surface area contributed by atoms with Gasteiger partial charge in [-0.05, 0) is 30.3 Å². The Balaban J connectivity index is 2.05. The summed E-state index contributed by atoms with van der Waals surface area (Å²) >= 11 is 11.4. The van der Waals surface area contributed by atoms with Gasteiger partial charge in [-0.3, -0.25) is 4.72 Å². The van der Waals surface area contributed by atoms with Crippen LogP contribution in [0.3, 0.4) is 0 Å². The third-order valence-corrected chi connectivity index (χ3v) is 4.78. The van der Waals surface area contributed by atoms with Gasteiger partial charge in [0.25, 0.3) is 10.0 Å². The number of pyridine rings is 1. The van der Waals surface area contributed by atoms with E-state index < -0.39 is 15.8 Å². The fraction of sp³-hybridized carbons (Fsp3) is 0. The van der Waals surface area contributed by atoms with Crippen LogP contribution in [0, 0.1) is 5.82 Å². The first-order valence-electron chi connectivity index (χ1n) is 5.98. The van der Waals surface area contributed by atoms with E-state index in [4.69, 9.17) is 23.2 Å². The van der Waals surface area contributed by atoms with Gasteiger partial charge in [0.05, 0.1) is 5.69 Å². The number of anilines is 1. The number of hydrogen-bond acceptors (Lipinski definition) is 3. The van der Waals surface area contributed by atoms with Gasteiger partial charge in [-0.25, -0.2) is 17.8 Å². The van der Waals surface area contributed by atoms with E-state index in [9.17, 15) is 12.8 Å². The summed E-state index contributed by atoms with van der Waals surface area (Å²) in [6.07, 6.45) is 1.27. The molecule has 0 aliphatic heterocycles. The number of halogens is 3. The Kier molecular flexibility index (Phi) is 3.72. The Labute approximate surface area is 135 Å². The van der Waals surface area contributed by atoms with Gasteiger partial charge < -0.3 is 4.98 Å². The molecule has 0 amide bonds. The van der Waals surface area contributed by atoms with Gasteiger partial charge in [-0.1, -0.05) is 23.2 Å². The maximum atomic E-state index is 13.7. The summed E-state index contributed by atoms with van der Waals surface area (Å²) < 4.78 is 40.7. The largest absolute Gasteiger partial charge is 0.345 e. The van der Waals surface area contributed by atoms with E-state index in [-0.39, 0.29) is 20.8 Å². The fourth-order valence-corrected chi connectivity index (χ4v) is 3.49. The predicted molar refractivity (Wildman–Crippen MR) is 83.3 cm³/mol. The minimum atomic E-state index is -3.99. The lowest BCUT2D eigenvalue weighted by Crippen LogP contribution is -2.13. The number of aromatic amines is 1. The van der Waals surface area contributed by atoms with Crippen LogP contribution in [-0.4, -0.2) is 18.4 Å². The summed E-state index contributed by atoms with van der Waals surface area (Å²) in [5.41, 5.74) is 0.130. The molecule has 3 aromatic rings. The quantitative estimate of drug-likeness (QED) is 0.698. The van der Waals surface area contributed by atoms with Gasteiger partial charge in [-0.2, -0.15) is 0 Å². The van der Waals surface area contributed by atoms with Gasteiger partial charge >= 0.3 is 0 Å². The topological polar surface area (TPSA) is 74.8 Å². The van der Waals surface area contributed by atoms with Gasteiger partial charge in [0.2, 0.25) is 0 Å². The molecule has 2 N–H and O–H groups in total. The minimum absolute atomic E-state index is 0.0546. The molecule has 0 spiro atoms. The molecule has 22 heavy (non-hydrogen) atoms. The molecule has 3 rings (SSSR count). The Morgan fingerprint density at radius 3 is 2.68 bits per heavy atom. The van der Waals surface area contributed by atoms with E-state index in [2.05, 4.69) is 14.7 Å². The third kappa shape index (κ3) is 2.75. The SMILES string of the molecule is O=S(=O)(Nc1ccc(Cl)cc1F)c1c[nH]c2nc(Cl)ccc12. The zero-order valence-electron chi connectivity index (χ0n) is 10.8. The van der Waals surface area contributed by atoms with Crippen LogP contribution in [0.15, 0.2) is 41.4 Å². The maximum absolute atomic E-state index is 13.7. The van der Waals surface area contributed by atoms with Gasteiger partial charge in [-0.15, -0.1) is 0 Å². The van der Waals surface area contributed by atoms with Crippen molar-refractivity contribution in [3.8, 4) is 0 Å². The number of sulfonamides is 1. The normalized spacial score (nSPS) is 11.8. The number of aromatic nitrogens is 2. The highest BCUT2D eigenvalue weighted by Gasteiger charge is 2.21. The molecule has 0 aliphatic rings. The lowest BCUT2D eigenvalue weighted by molar-refractivity contribution is 0.599. The zero-order valence-corrected chi connectivity index (χ0v) is 13.1. The molecule has 114 valence electrons. The fourth-order valence-electron chi connectivity index (χ4n) is 1.95. The number of benzene rings is 1. The smallest absolute Gasteiger partial charge is 0.264 e. The van der Waals surface area contributed by atoms with E-state index in [1.54, 1.807) is 0 Å². The molecule has 0 unspecified atom stereocenters. The second kappa shape index (κ2) is 5.42. The summed E-state index contributed by atoms with van der Waals surface area (Å²) in [6.45, 7) is 0. The summed E-state index contributed by atoms with van der Waals surface area (Å²) in [6, 6.07) is 6.65. The van der Waals surface area contributed by atoms with Crippen molar-refractivity contribution in [2.24, 2.45) is 0 Å². The van der Waals surface area contributed by atoms with Crippen LogP contribution < -0.4 is 4.72 Å². The second-order valence-corrected chi connectivity index (χ2v) is 6.89. The first-order valence-corrected chi connectivity index (χ1v) is 8.22. The number of H-pyrrole nitrogens is 1. The summed E-state index contributed by atoms with van der Waals surface area (Å²) in [5, 5.41) is 0.757. The molecule has 0 saturated carbocycles. The van der Waals surface area contributed by atoms with Crippen LogP contribution in [0.1, 0.15) is 0 Å². The molecular weight excluding hydrogens is 352 g/mol. The lowest BCUT2D eigenvalue weighted by atomic mass is 10.3. The first kappa shape index (κ1) is 15.1. The highest BCUT2D eigenvalue weighted by atomic mass is 35.5. The Morgan fingerprint density at radius 1 is 1.18 bits per heavy atom. The maximum Gasteiger partial charge on any atom is 0.264 e. The van der Waals surface area contributed by atoms with Crippen LogP contribution in [0.25, 0.3) is 11.0 Å².